The maximum atomic E-state index is 10.1. The number of rotatable bonds is 4. The Kier molecular flexibility index (Phi) is 4.83. The van der Waals surface area contributed by atoms with E-state index in [0.717, 1.165) is 38.4 Å². The topological polar surface area (TPSA) is 43.7 Å². The van der Waals surface area contributed by atoms with Gasteiger partial charge in [0.15, 0.2) is 0 Å². The highest BCUT2D eigenvalue weighted by Crippen LogP contribution is 2.29. The van der Waals surface area contributed by atoms with Crippen molar-refractivity contribution in [2.45, 2.75) is 57.7 Å². The van der Waals surface area contributed by atoms with Gasteiger partial charge in [-0.25, -0.2) is 0 Å². The molecule has 1 saturated carbocycles. The largest absolute Gasteiger partial charge is 0.392 e. The maximum Gasteiger partial charge on any atom is 0.0693 e. The maximum absolute atomic E-state index is 10.1. The van der Waals surface area contributed by atoms with Crippen molar-refractivity contribution in [3.05, 3.63) is 0 Å². The number of aliphatic hydroxyl groups is 2. The third-order valence-electron chi connectivity index (χ3n) is 4.55. The molecule has 0 bridgehead atoms. The zero-order chi connectivity index (χ0) is 12.3. The van der Waals surface area contributed by atoms with Crippen LogP contribution in [0.4, 0.5) is 0 Å². The molecule has 0 aromatic carbocycles. The van der Waals surface area contributed by atoms with Crippen LogP contribution in [0.25, 0.3) is 0 Å². The molecule has 0 spiro atoms. The summed E-state index contributed by atoms with van der Waals surface area (Å²) in [5.74, 6) is 1.16. The molecule has 2 N–H and O–H groups in total. The van der Waals surface area contributed by atoms with Gasteiger partial charge in [0.2, 0.25) is 0 Å². The van der Waals surface area contributed by atoms with E-state index in [-0.39, 0.29) is 12.2 Å². The molecule has 2 aliphatic rings. The quantitative estimate of drug-likeness (QED) is 0.786. The highest BCUT2D eigenvalue weighted by Gasteiger charge is 2.26. The molecule has 3 atom stereocenters. The van der Waals surface area contributed by atoms with E-state index in [0.29, 0.717) is 5.92 Å². The lowest BCUT2D eigenvalue weighted by molar-refractivity contribution is 0.00493. The van der Waals surface area contributed by atoms with Gasteiger partial charge in [0.1, 0.15) is 0 Å². The smallest absolute Gasteiger partial charge is 0.0693 e. The highest BCUT2D eigenvalue weighted by atomic mass is 16.3. The molecule has 3 heteroatoms. The van der Waals surface area contributed by atoms with Crippen LogP contribution in [0, 0.1) is 11.8 Å². The van der Waals surface area contributed by atoms with E-state index in [4.69, 9.17) is 0 Å². The number of likely N-dealkylation sites (tertiary alicyclic amines) is 1. The van der Waals surface area contributed by atoms with E-state index in [1.807, 2.05) is 0 Å². The van der Waals surface area contributed by atoms with Gasteiger partial charge in [0.25, 0.3) is 0 Å². The van der Waals surface area contributed by atoms with Crippen molar-refractivity contribution < 1.29 is 10.2 Å². The van der Waals surface area contributed by atoms with Crippen molar-refractivity contribution in [2.75, 3.05) is 19.6 Å². The van der Waals surface area contributed by atoms with Gasteiger partial charge in [-0.2, -0.15) is 0 Å². The Bertz CT molecular complexity index is 228. The van der Waals surface area contributed by atoms with Gasteiger partial charge in [-0.1, -0.05) is 32.6 Å². The van der Waals surface area contributed by atoms with Crippen LogP contribution in [0.5, 0.6) is 0 Å². The molecule has 1 aliphatic heterocycles. The van der Waals surface area contributed by atoms with E-state index in [9.17, 15) is 10.2 Å². The predicted molar refractivity (Wildman–Crippen MR) is 68.8 cm³/mol. The number of β-amino-alcohol motifs (C(OH)–C–C–N with tert-alkyl or cyclic N) is 2. The van der Waals surface area contributed by atoms with Crippen molar-refractivity contribution in [1.29, 1.82) is 0 Å². The van der Waals surface area contributed by atoms with Crippen LogP contribution in [0.2, 0.25) is 0 Å². The fraction of sp³-hybridized carbons (Fsp3) is 1.00. The fourth-order valence-corrected chi connectivity index (χ4v) is 3.28. The number of aliphatic hydroxyl groups excluding tert-OH is 2. The zero-order valence-electron chi connectivity index (χ0n) is 11.0. The molecule has 0 aromatic rings. The van der Waals surface area contributed by atoms with E-state index < -0.39 is 0 Å². The summed E-state index contributed by atoms with van der Waals surface area (Å²) in [7, 11) is 0. The van der Waals surface area contributed by atoms with Crippen LogP contribution in [-0.2, 0) is 0 Å². The van der Waals surface area contributed by atoms with E-state index >= 15 is 0 Å². The normalized spacial score (nSPS) is 34.1. The average molecular weight is 241 g/mol. The van der Waals surface area contributed by atoms with Gasteiger partial charge >= 0.3 is 0 Å². The van der Waals surface area contributed by atoms with Gasteiger partial charge < -0.3 is 10.2 Å². The SMILES string of the molecule is CC1CCN(CC(O)CC2CCCC2)CC1O. The second-order valence-corrected chi connectivity index (χ2v) is 6.13. The number of hydrogen-bond acceptors (Lipinski definition) is 3. The number of nitrogens with zero attached hydrogens (tertiary/aromatic N) is 1. The van der Waals surface area contributed by atoms with Gasteiger partial charge in [0.05, 0.1) is 12.2 Å². The Morgan fingerprint density at radius 2 is 1.94 bits per heavy atom. The number of piperidine rings is 1. The first-order valence-electron chi connectivity index (χ1n) is 7.23. The minimum absolute atomic E-state index is 0.196. The summed E-state index contributed by atoms with van der Waals surface area (Å²) in [6.45, 7) is 4.63. The van der Waals surface area contributed by atoms with Crippen LogP contribution < -0.4 is 0 Å². The lowest BCUT2D eigenvalue weighted by Crippen LogP contribution is -2.45. The molecule has 1 saturated heterocycles. The van der Waals surface area contributed by atoms with Crippen molar-refractivity contribution in [1.82, 2.24) is 4.90 Å². The molecule has 0 radical (unpaired) electrons. The summed E-state index contributed by atoms with van der Waals surface area (Å²) in [5.41, 5.74) is 0. The minimum atomic E-state index is -0.206. The van der Waals surface area contributed by atoms with E-state index in [2.05, 4.69) is 11.8 Å². The standard InChI is InChI=1S/C14H27NO2/c1-11-6-7-15(10-14(11)17)9-13(16)8-12-4-2-3-5-12/h11-14,16-17H,2-10H2,1H3. The van der Waals surface area contributed by atoms with Crippen molar-refractivity contribution in [3.63, 3.8) is 0 Å². The predicted octanol–water partition coefficient (Wildman–Crippen LogP) is 1.63. The second-order valence-electron chi connectivity index (χ2n) is 6.13. The molecular weight excluding hydrogens is 214 g/mol. The van der Waals surface area contributed by atoms with Crippen molar-refractivity contribution in [3.8, 4) is 0 Å². The zero-order valence-corrected chi connectivity index (χ0v) is 11.0. The average Bonchev–Trinajstić information content (AvgIpc) is 2.76. The summed E-state index contributed by atoms with van der Waals surface area (Å²) in [5, 5.41) is 19.9. The molecule has 2 rings (SSSR count). The van der Waals surface area contributed by atoms with E-state index in [1.165, 1.54) is 25.7 Å². The van der Waals surface area contributed by atoms with Crippen LogP contribution in [0.15, 0.2) is 0 Å². The van der Waals surface area contributed by atoms with Gasteiger partial charge in [-0.3, -0.25) is 4.90 Å². The van der Waals surface area contributed by atoms with Crippen LogP contribution in [0.3, 0.4) is 0 Å². The van der Waals surface area contributed by atoms with Gasteiger partial charge in [-0.05, 0) is 31.2 Å². The highest BCUT2D eigenvalue weighted by molar-refractivity contribution is 4.80. The summed E-state index contributed by atoms with van der Waals surface area (Å²) < 4.78 is 0. The Balaban J connectivity index is 1.69. The summed E-state index contributed by atoms with van der Waals surface area (Å²) >= 11 is 0. The van der Waals surface area contributed by atoms with Gasteiger partial charge in [-0.15, -0.1) is 0 Å². The molecule has 100 valence electrons. The molecule has 1 aliphatic carbocycles. The third kappa shape index (κ3) is 3.94. The molecule has 17 heavy (non-hydrogen) atoms. The van der Waals surface area contributed by atoms with Crippen LogP contribution in [-0.4, -0.2) is 47.0 Å². The lowest BCUT2D eigenvalue weighted by Gasteiger charge is -2.35. The second kappa shape index (κ2) is 6.17. The molecule has 0 aromatic heterocycles. The molecule has 3 nitrogen and oxygen atoms in total. The molecule has 1 heterocycles. The number of hydrogen-bond donors (Lipinski definition) is 2. The molecule has 3 unspecified atom stereocenters. The Labute approximate surface area is 105 Å². The molecular formula is C14H27NO2. The van der Waals surface area contributed by atoms with Crippen LogP contribution >= 0.6 is 0 Å². The lowest BCUT2D eigenvalue weighted by atomic mass is 9.95. The molecule has 2 fully saturated rings. The minimum Gasteiger partial charge on any atom is -0.392 e. The first kappa shape index (κ1) is 13.3. The van der Waals surface area contributed by atoms with Crippen molar-refractivity contribution >= 4 is 0 Å². The Hall–Kier alpha value is -0.120. The Morgan fingerprint density at radius 3 is 2.59 bits per heavy atom. The monoisotopic (exact) mass is 241 g/mol. The first-order chi connectivity index (χ1) is 8.15. The summed E-state index contributed by atoms with van der Waals surface area (Å²) in [4.78, 5) is 2.23. The summed E-state index contributed by atoms with van der Waals surface area (Å²) in [6.07, 6.45) is 6.91. The molecule has 0 amide bonds. The third-order valence-corrected chi connectivity index (χ3v) is 4.55. The van der Waals surface area contributed by atoms with E-state index in [1.54, 1.807) is 0 Å². The van der Waals surface area contributed by atoms with Crippen LogP contribution in [0.1, 0.15) is 45.4 Å². The first-order valence-corrected chi connectivity index (χ1v) is 7.23. The van der Waals surface area contributed by atoms with Crippen molar-refractivity contribution in [2.24, 2.45) is 11.8 Å². The fourth-order valence-electron chi connectivity index (χ4n) is 3.28. The summed E-state index contributed by atoms with van der Waals surface area (Å²) in [6, 6.07) is 0. The Morgan fingerprint density at radius 1 is 1.24 bits per heavy atom. The van der Waals surface area contributed by atoms with Gasteiger partial charge in [0, 0.05) is 13.1 Å².